The Hall–Kier alpha value is -0.670. The Morgan fingerprint density at radius 1 is 1.38 bits per heavy atom. The number of thioether (sulfide) groups is 1. The standard InChI is InChI=1S/C18H28O6S2/c1-18(2)23-14-11-13(21-16(14)24-18)12(22-17(25)26-4)9-7-5-6-8-10-15(19)20-3/h5,7,12-14,16H,6,8-11H2,1-4H3/b7-5-/t12-,13-,14+,16+/m0/s1. The maximum absolute atomic E-state index is 11.1. The number of ether oxygens (including phenoxy) is 5. The molecule has 2 heterocycles. The second kappa shape index (κ2) is 10.0. The Kier molecular flexibility index (Phi) is 8.35. The molecule has 2 aliphatic heterocycles. The van der Waals surface area contributed by atoms with Crippen LogP contribution in [0.2, 0.25) is 0 Å². The van der Waals surface area contributed by atoms with Crippen LogP contribution in [0.4, 0.5) is 0 Å². The van der Waals surface area contributed by atoms with Crippen molar-refractivity contribution in [1.82, 2.24) is 0 Å². The maximum Gasteiger partial charge on any atom is 0.305 e. The van der Waals surface area contributed by atoms with Crippen LogP contribution >= 0.6 is 24.0 Å². The number of hydrogen-bond donors (Lipinski definition) is 0. The molecule has 2 saturated heterocycles. The first-order valence-electron chi connectivity index (χ1n) is 8.82. The summed E-state index contributed by atoms with van der Waals surface area (Å²) < 4.78 is 28.7. The zero-order valence-electron chi connectivity index (χ0n) is 15.8. The van der Waals surface area contributed by atoms with Gasteiger partial charge < -0.3 is 23.7 Å². The molecule has 2 fully saturated rings. The fourth-order valence-electron chi connectivity index (χ4n) is 3.04. The van der Waals surface area contributed by atoms with Crippen molar-refractivity contribution in [3.63, 3.8) is 0 Å². The predicted octanol–water partition coefficient (Wildman–Crippen LogP) is 3.58. The maximum atomic E-state index is 11.1. The average Bonchev–Trinajstić information content (AvgIpc) is 3.09. The quantitative estimate of drug-likeness (QED) is 0.263. The Bertz CT molecular complexity index is 506. The van der Waals surface area contributed by atoms with Crippen LogP contribution in [-0.4, -0.2) is 54.1 Å². The van der Waals surface area contributed by atoms with E-state index in [-0.39, 0.29) is 30.6 Å². The second-order valence-electron chi connectivity index (χ2n) is 6.74. The number of esters is 1. The van der Waals surface area contributed by atoms with Crippen molar-refractivity contribution in [2.45, 2.75) is 76.3 Å². The molecular formula is C18H28O6S2. The molecule has 0 aromatic heterocycles. The fourth-order valence-corrected chi connectivity index (χ4v) is 3.38. The molecule has 6 nitrogen and oxygen atoms in total. The summed E-state index contributed by atoms with van der Waals surface area (Å²) in [7, 11) is 1.40. The molecule has 0 radical (unpaired) electrons. The van der Waals surface area contributed by atoms with Gasteiger partial charge in [0.05, 0.1) is 7.11 Å². The normalized spacial score (nSPS) is 28.1. The molecule has 26 heavy (non-hydrogen) atoms. The van der Waals surface area contributed by atoms with E-state index in [1.54, 1.807) is 0 Å². The molecule has 2 aliphatic rings. The topological polar surface area (TPSA) is 63.2 Å². The summed E-state index contributed by atoms with van der Waals surface area (Å²) in [4.78, 5) is 11.1. The molecule has 0 spiro atoms. The van der Waals surface area contributed by atoms with E-state index in [1.165, 1.54) is 18.9 Å². The summed E-state index contributed by atoms with van der Waals surface area (Å²) in [5.74, 6) is -0.788. The van der Waals surface area contributed by atoms with Crippen molar-refractivity contribution in [3.8, 4) is 0 Å². The number of carbonyl (C=O) groups is 1. The molecule has 0 bridgehead atoms. The van der Waals surface area contributed by atoms with E-state index in [1.807, 2.05) is 32.3 Å². The summed E-state index contributed by atoms with van der Waals surface area (Å²) in [6.45, 7) is 3.77. The minimum absolute atomic E-state index is 0.0759. The Balaban J connectivity index is 1.83. The van der Waals surface area contributed by atoms with Gasteiger partial charge in [0, 0.05) is 19.3 Å². The van der Waals surface area contributed by atoms with Crippen molar-refractivity contribution in [3.05, 3.63) is 12.2 Å². The van der Waals surface area contributed by atoms with Gasteiger partial charge in [0.2, 0.25) is 4.38 Å². The monoisotopic (exact) mass is 404 g/mol. The fraction of sp³-hybridized carbons (Fsp3) is 0.778. The van der Waals surface area contributed by atoms with Gasteiger partial charge in [-0.25, -0.2) is 0 Å². The first kappa shape index (κ1) is 21.6. The summed E-state index contributed by atoms with van der Waals surface area (Å²) in [6, 6.07) is 0. The molecule has 0 unspecified atom stereocenters. The van der Waals surface area contributed by atoms with Crippen LogP contribution in [0.1, 0.15) is 46.0 Å². The molecule has 8 heteroatoms. The minimum Gasteiger partial charge on any atom is -0.472 e. The van der Waals surface area contributed by atoms with Gasteiger partial charge in [-0.1, -0.05) is 23.9 Å². The predicted molar refractivity (Wildman–Crippen MR) is 104 cm³/mol. The van der Waals surface area contributed by atoms with Crippen LogP contribution in [-0.2, 0) is 28.5 Å². The number of hydrogen-bond acceptors (Lipinski definition) is 8. The second-order valence-corrected chi connectivity index (χ2v) is 8.15. The van der Waals surface area contributed by atoms with Crippen molar-refractivity contribution < 1.29 is 28.5 Å². The highest BCUT2D eigenvalue weighted by Gasteiger charge is 2.50. The van der Waals surface area contributed by atoms with Crippen LogP contribution < -0.4 is 0 Å². The average molecular weight is 405 g/mol. The molecule has 4 atom stereocenters. The number of carbonyl (C=O) groups excluding carboxylic acids is 1. The van der Waals surface area contributed by atoms with Gasteiger partial charge in [0.1, 0.15) is 18.3 Å². The third kappa shape index (κ3) is 6.49. The first-order chi connectivity index (χ1) is 12.3. The van der Waals surface area contributed by atoms with E-state index in [0.717, 1.165) is 12.8 Å². The number of allylic oxidation sites excluding steroid dienone is 1. The van der Waals surface area contributed by atoms with Crippen molar-refractivity contribution in [1.29, 1.82) is 0 Å². The Morgan fingerprint density at radius 3 is 2.81 bits per heavy atom. The van der Waals surface area contributed by atoms with Crippen molar-refractivity contribution >= 4 is 34.3 Å². The molecule has 0 aliphatic carbocycles. The smallest absolute Gasteiger partial charge is 0.305 e. The largest absolute Gasteiger partial charge is 0.472 e. The van der Waals surface area contributed by atoms with Gasteiger partial charge in [-0.3, -0.25) is 4.79 Å². The Labute approximate surface area is 164 Å². The van der Waals surface area contributed by atoms with Crippen LogP contribution in [0.5, 0.6) is 0 Å². The number of rotatable bonds is 8. The zero-order valence-corrected chi connectivity index (χ0v) is 17.4. The third-order valence-electron chi connectivity index (χ3n) is 4.26. The van der Waals surface area contributed by atoms with Crippen molar-refractivity contribution in [2.75, 3.05) is 13.4 Å². The van der Waals surface area contributed by atoms with Crippen LogP contribution in [0.3, 0.4) is 0 Å². The van der Waals surface area contributed by atoms with E-state index in [4.69, 9.17) is 31.2 Å². The van der Waals surface area contributed by atoms with E-state index < -0.39 is 5.79 Å². The molecule has 0 aromatic carbocycles. The number of methoxy groups -OCH3 is 1. The van der Waals surface area contributed by atoms with Crippen molar-refractivity contribution in [2.24, 2.45) is 0 Å². The first-order valence-corrected chi connectivity index (χ1v) is 10.5. The molecule has 148 valence electrons. The lowest BCUT2D eigenvalue weighted by molar-refractivity contribution is -0.212. The van der Waals surface area contributed by atoms with Gasteiger partial charge >= 0.3 is 5.97 Å². The van der Waals surface area contributed by atoms with E-state index in [9.17, 15) is 4.79 Å². The summed E-state index contributed by atoms with van der Waals surface area (Å²) in [5.41, 5.74) is 0. The lowest BCUT2D eigenvalue weighted by Crippen LogP contribution is -2.33. The Morgan fingerprint density at radius 2 is 2.15 bits per heavy atom. The third-order valence-corrected chi connectivity index (χ3v) is 5.28. The lowest BCUT2D eigenvalue weighted by atomic mass is 10.1. The molecule has 2 rings (SSSR count). The van der Waals surface area contributed by atoms with E-state index >= 15 is 0 Å². The summed E-state index contributed by atoms with van der Waals surface area (Å²) in [5, 5.41) is 0. The van der Waals surface area contributed by atoms with E-state index in [2.05, 4.69) is 4.74 Å². The van der Waals surface area contributed by atoms with Gasteiger partial charge in [-0.2, -0.15) is 0 Å². The SMILES string of the molecule is COC(=O)CCC/C=C\C[C@H](OC(=S)SC)[C@@H]1C[C@H]2OC(C)(C)O[C@H]2O1. The van der Waals surface area contributed by atoms with Crippen LogP contribution in [0.15, 0.2) is 12.2 Å². The summed E-state index contributed by atoms with van der Waals surface area (Å²) >= 11 is 6.62. The van der Waals surface area contributed by atoms with Gasteiger partial charge in [-0.15, -0.1) is 0 Å². The molecule has 0 amide bonds. The zero-order chi connectivity index (χ0) is 19.2. The van der Waals surface area contributed by atoms with Crippen LogP contribution in [0, 0.1) is 0 Å². The highest BCUT2D eigenvalue weighted by atomic mass is 32.2. The number of thiocarbonyl (C=S) groups is 1. The highest BCUT2D eigenvalue weighted by molar-refractivity contribution is 8.22. The van der Waals surface area contributed by atoms with Gasteiger partial charge in [-0.05, 0) is 45.2 Å². The molecular weight excluding hydrogens is 376 g/mol. The minimum atomic E-state index is -0.606. The van der Waals surface area contributed by atoms with Gasteiger partial charge in [0.25, 0.3) is 0 Å². The number of unbranched alkanes of at least 4 members (excludes halogenated alkanes) is 1. The molecule has 0 aromatic rings. The molecule has 0 N–H and O–H groups in total. The lowest BCUT2D eigenvalue weighted by Gasteiger charge is -2.26. The molecule has 0 saturated carbocycles. The van der Waals surface area contributed by atoms with Crippen LogP contribution in [0.25, 0.3) is 0 Å². The highest BCUT2D eigenvalue weighted by Crippen LogP contribution is 2.39. The van der Waals surface area contributed by atoms with Gasteiger partial charge in [0.15, 0.2) is 12.1 Å². The van der Waals surface area contributed by atoms with E-state index in [0.29, 0.717) is 23.6 Å². The number of fused-ring (bicyclic) bond motifs is 1. The summed E-state index contributed by atoms with van der Waals surface area (Å²) in [6.07, 6.45) is 8.63.